The number of hydrogen-bond donors (Lipinski definition) is 2. The molecule has 7 nitrogen and oxygen atoms in total. The Morgan fingerprint density at radius 1 is 1.29 bits per heavy atom. The predicted octanol–water partition coefficient (Wildman–Crippen LogP) is 3.18. The van der Waals surface area contributed by atoms with Crippen LogP contribution in [-0.2, 0) is 11.3 Å². The summed E-state index contributed by atoms with van der Waals surface area (Å²) in [5.41, 5.74) is 1.07. The molecule has 3 aromatic heterocycles. The average Bonchev–Trinajstić information content (AvgIpc) is 3.15. The molecule has 1 aliphatic rings. The zero-order chi connectivity index (χ0) is 18.8. The molecule has 0 radical (unpaired) electrons. The molecular formula is C20H25N5O2S. The maximum atomic E-state index is 12.9. The second kappa shape index (κ2) is 8.62. The number of fused-ring (bicyclic) bond motifs is 1. The van der Waals surface area contributed by atoms with Gasteiger partial charge < -0.3 is 19.9 Å². The smallest absolute Gasteiger partial charge is 0.262 e. The van der Waals surface area contributed by atoms with E-state index in [1.165, 1.54) is 0 Å². The van der Waals surface area contributed by atoms with Gasteiger partial charge in [-0.3, -0.25) is 4.79 Å². The summed E-state index contributed by atoms with van der Waals surface area (Å²) < 4.78 is 7.15. The lowest BCUT2D eigenvalue weighted by atomic mass is 10.1. The van der Waals surface area contributed by atoms with E-state index in [1.807, 2.05) is 44.3 Å². The highest BCUT2D eigenvalue weighted by atomic mass is 32.1. The van der Waals surface area contributed by atoms with E-state index in [0.717, 1.165) is 29.8 Å². The largest absolute Gasteiger partial charge is 0.379 e. The SMILES string of the molecule is CCn1ccc2cc(Nc3cc(C)ccn3)nc(N[C@H]3CCOC3)c2c1=O.S. The summed E-state index contributed by atoms with van der Waals surface area (Å²) in [5.74, 6) is 1.96. The molecule has 3 aromatic rings. The molecule has 0 saturated carbocycles. The summed E-state index contributed by atoms with van der Waals surface area (Å²) in [6.07, 6.45) is 4.48. The van der Waals surface area contributed by atoms with E-state index in [1.54, 1.807) is 10.8 Å². The molecule has 0 unspecified atom stereocenters. The van der Waals surface area contributed by atoms with Crippen molar-refractivity contribution >= 4 is 41.7 Å². The minimum atomic E-state index is -0.0378. The van der Waals surface area contributed by atoms with Crippen LogP contribution in [0.3, 0.4) is 0 Å². The summed E-state index contributed by atoms with van der Waals surface area (Å²) in [5, 5.41) is 8.10. The van der Waals surface area contributed by atoms with Gasteiger partial charge in [-0.1, -0.05) is 0 Å². The van der Waals surface area contributed by atoms with Crippen LogP contribution in [0.1, 0.15) is 18.9 Å². The lowest BCUT2D eigenvalue weighted by molar-refractivity contribution is 0.195. The number of nitrogens with one attached hydrogen (secondary N) is 2. The molecule has 1 atom stereocenters. The molecule has 8 heteroatoms. The number of aryl methyl sites for hydroxylation is 2. The van der Waals surface area contributed by atoms with Crippen molar-refractivity contribution in [2.45, 2.75) is 32.9 Å². The second-order valence-corrected chi connectivity index (χ2v) is 6.78. The molecule has 28 heavy (non-hydrogen) atoms. The Hall–Kier alpha value is -2.58. The fourth-order valence-corrected chi connectivity index (χ4v) is 3.30. The molecule has 2 N–H and O–H groups in total. The normalized spacial score (nSPS) is 16.0. The first-order chi connectivity index (χ1) is 13.1. The molecule has 0 aliphatic carbocycles. The van der Waals surface area contributed by atoms with Gasteiger partial charge in [-0.25, -0.2) is 9.97 Å². The van der Waals surface area contributed by atoms with Gasteiger partial charge in [0.25, 0.3) is 5.56 Å². The van der Waals surface area contributed by atoms with Gasteiger partial charge in [-0.2, -0.15) is 13.5 Å². The van der Waals surface area contributed by atoms with Crippen LogP contribution in [0.5, 0.6) is 0 Å². The molecule has 1 saturated heterocycles. The van der Waals surface area contributed by atoms with Gasteiger partial charge in [0.05, 0.1) is 18.0 Å². The number of anilines is 3. The molecule has 148 valence electrons. The summed E-state index contributed by atoms with van der Waals surface area (Å²) in [6.45, 7) is 5.93. The topological polar surface area (TPSA) is 81.1 Å². The Kier molecular flexibility index (Phi) is 6.21. The van der Waals surface area contributed by atoms with Crippen molar-refractivity contribution in [2.24, 2.45) is 0 Å². The number of hydrogen-bond acceptors (Lipinski definition) is 6. The van der Waals surface area contributed by atoms with Gasteiger partial charge in [0.1, 0.15) is 17.5 Å². The van der Waals surface area contributed by atoms with Crippen molar-refractivity contribution in [3.05, 3.63) is 52.6 Å². The van der Waals surface area contributed by atoms with Crippen LogP contribution >= 0.6 is 13.5 Å². The Bertz CT molecular complexity index is 1030. The summed E-state index contributed by atoms with van der Waals surface area (Å²) in [6, 6.07) is 7.89. The number of aromatic nitrogens is 3. The van der Waals surface area contributed by atoms with Crippen molar-refractivity contribution in [1.29, 1.82) is 0 Å². The monoisotopic (exact) mass is 399 g/mol. The van der Waals surface area contributed by atoms with Crippen molar-refractivity contribution in [1.82, 2.24) is 14.5 Å². The van der Waals surface area contributed by atoms with E-state index in [4.69, 9.17) is 9.72 Å². The number of nitrogens with zero attached hydrogens (tertiary/aromatic N) is 3. The number of pyridine rings is 3. The Morgan fingerprint density at radius 3 is 2.86 bits per heavy atom. The van der Waals surface area contributed by atoms with Crippen molar-refractivity contribution in [3.8, 4) is 0 Å². The van der Waals surface area contributed by atoms with E-state index >= 15 is 0 Å². The van der Waals surface area contributed by atoms with Gasteiger partial charge >= 0.3 is 0 Å². The fourth-order valence-electron chi connectivity index (χ4n) is 3.30. The first kappa shape index (κ1) is 20.2. The highest BCUT2D eigenvalue weighted by Gasteiger charge is 2.19. The third-order valence-electron chi connectivity index (χ3n) is 4.74. The molecule has 1 aliphatic heterocycles. The summed E-state index contributed by atoms with van der Waals surface area (Å²) >= 11 is 0. The standard InChI is InChI=1S/C20H23N5O2.H2S/c1-3-25-8-5-14-11-17(23-16-10-13(2)4-7-21-16)24-19(18(14)20(25)26)22-15-6-9-27-12-15;/h4-5,7-8,10-11,15H,3,6,9,12H2,1-2H3,(H2,21,22,23,24);1H2/t15-;/m0./s1. The maximum Gasteiger partial charge on any atom is 0.262 e. The van der Waals surface area contributed by atoms with E-state index in [-0.39, 0.29) is 25.1 Å². The van der Waals surface area contributed by atoms with Gasteiger partial charge in [0.2, 0.25) is 0 Å². The van der Waals surface area contributed by atoms with Crippen LogP contribution in [-0.4, -0.2) is 33.8 Å². The predicted molar refractivity (Wildman–Crippen MR) is 117 cm³/mol. The molecule has 4 rings (SSSR count). The highest BCUT2D eigenvalue weighted by Crippen LogP contribution is 2.25. The van der Waals surface area contributed by atoms with E-state index in [2.05, 4.69) is 15.6 Å². The number of ether oxygens (including phenoxy) is 1. The van der Waals surface area contributed by atoms with Gasteiger partial charge in [0, 0.05) is 25.5 Å². The summed E-state index contributed by atoms with van der Waals surface area (Å²) in [4.78, 5) is 21.9. The first-order valence-electron chi connectivity index (χ1n) is 9.22. The van der Waals surface area contributed by atoms with Crippen LogP contribution in [0.2, 0.25) is 0 Å². The fraction of sp³-hybridized carbons (Fsp3) is 0.350. The highest BCUT2D eigenvalue weighted by molar-refractivity contribution is 7.59. The molecule has 0 amide bonds. The molecule has 0 spiro atoms. The first-order valence-corrected chi connectivity index (χ1v) is 9.22. The Morgan fingerprint density at radius 2 is 2.14 bits per heavy atom. The van der Waals surface area contributed by atoms with Crippen LogP contribution in [0, 0.1) is 6.92 Å². The zero-order valence-electron chi connectivity index (χ0n) is 16.0. The van der Waals surface area contributed by atoms with E-state index in [0.29, 0.717) is 30.2 Å². The van der Waals surface area contributed by atoms with E-state index < -0.39 is 0 Å². The molecule has 0 bridgehead atoms. The van der Waals surface area contributed by atoms with Gasteiger partial charge in [-0.15, -0.1) is 0 Å². The van der Waals surface area contributed by atoms with Crippen LogP contribution in [0.4, 0.5) is 17.5 Å². The molecular weight excluding hydrogens is 374 g/mol. The van der Waals surface area contributed by atoms with Crippen molar-refractivity contribution < 1.29 is 4.74 Å². The molecule has 4 heterocycles. The quantitative estimate of drug-likeness (QED) is 0.686. The third-order valence-corrected chi connectivity index (χ3v) is 4.74. The zero-order valence-corrected chi connectivity index (χ0v) is 17.0. The van der Waals surface area contributed by atoms with Crippen molar-refractivity contribution in [2.75, 3.05) is 23.8 Å². The van der Waals surface area contributed by atoms with E-state index in [9.17, 15) is 4.79 Å². The van der Waals surface area contributed by atoms with Crippen LogP contribution in [0.25, 0.3) is 10.8 Å². The van der Waals surface area contributed by atoms with Crippen LogP contribution in [0.15, 0.2) is 41.5 Å². The number of rotatable bonds is 5. The van der Waals surface area contributed by atoms with Crippen molar-refractivity contribution in [3.63, 3.8) is 0 Å². The average molecular weight is 400 g/mol. The Balaban J connectivity index is 0.00000225. The lowest BCUT2D eigenvalue weighted by Gasteiger charge is -2.16. The minimum absolute atomic E-state index is 0. The lowest BCUT2D eigenvalue weighted by Crippen LogP contribution is -2.24. The summed E-state index contributed by atoms with van der Waals surface area (Å²) in [7, 11) is 0. The molecule has 1 fully saturated rings. The van der Waals surface area contributed by atoms with Gasteiger partial charge in [0.15, 0.2) is 0 Å². The maximum absolute atomic E-state index is 12.9. The second-order valence-electron chi connectivity index (χ2n) is 6.78. The van der Waals surface area contributed by atoms with Gasteiger partial charge in [-0.05, 0) is 55.5 Å². The van der Waals surface area contributed by atoms with Crippen LogP contribution < -0.4 is 16.2 Å². The third kappa shape index (κ3) is 4.13. The minimum Gasteiger partial charge on any atom is -0.379 e. The Labute approximate surface area is 170 Å². The molecule has 0 aromatic carbocycles.